The predicted molar refractivity (Wildman–Crippen MR) is 90.4 cm³/mol. The molecule has 1 aromatic carbocycles. The summed E-state index contributed by atoms with van der Waals surface area (Å²) in [6, 6.07) is 11.3. The lowest BCUT2D eigenvalue weighted by Crippen LogP contribution is -2.42. The summed E-state index contributed by atoms with van der Waals surface area (Å²) in [6.45, 7) is 8.38. The topological polar surface area (TPSA) is 15.3 Å². The van der Waals surface area contributed by atoms with Crippen molar-refractivity contribution in [1.29, 1.82) is 0 Å². The highest BCUT2D eigenvalue weighted by Crippen LogP contribution is 2.26. The number of nitrogens with one attached hydrogen (secondary N) is 1. The highest BCUT2D eigenvalue weighted by Gasteiger charge is 2.24. The molecule has 3 unspecified atom stereocenters. The molecule has 3 atom stereocenters. The first-order valence-corrected chi connectivity index (χ1v) is 8.85. The average Bonchev–Trinajstić information content (AvgIpc) is 2.49. The fourth-order valence-corrected chi connectivity index (χ4v) is 4.39. The molecule has 1 fully saturated rings. The minimum atomic E-state index is 0.450. The van der Waals surface area contributed by atoms with Gasteiger partial charge in [0.2, 0.25) is 0 Å². The molecule has 1 saturated heterocycles. The van der Waals surface area contributed by atoms with Crippen molar-refractivity contribution in [2.24, 2.45) is 5.92 Å². The molecule has 20 heavy (non-hydrogen) atoms. The zero-order valence-electron chi connectivity index (χ0n) is 13.0. The van der Waals surface area contributed by atoms with Crippen LogP contribution in [0.5, 0.6) is 0 Å². The third-order valence-corrected chi connectivity index (χ3v) is 5.64. The van der Waals surface area contributed by atoms with Gasteiger partial charge in [0.05, 0.1) is 0 Å². The maximum absolute atomic E-state index is 3.50. The number of rotatable bonds is 6. The van der Waals surface area contributed by atoms with Gasteiger partial charge in [0.1, 0.15) is 0 Å². The molecular formula is C17H28N2S. The number of benzene rings is 1. The van der Waals surface area contributed by atoms with Gasteiger partial charge < -0.3 is 10.2 Å². The Hall–Kier alpha value is -0.510. The van der Waals surface area contributed by atoms with Crippen molar-refractivity contribution >= 4 is 11.8 Å². The van der Waals surface area contributed by atoms with Crippen LogP contribution in [0.2, 0.25) is 0 Å². The Kier molecular flexibility index (Phi) is 6.40. The standard InChI is InChI=1S/C17H28N2S/c1-4-16-13-19(10-11-20-16)12-14(2)17(18-3)15-8-6-5-7-9-15/h5-9,14,16-18H,4,10-13H2,1-3H3. The van der Waals surface area contributed by atoms with E-state index >= 15 is 0 Å². The minimum Gasteiger partial charge on any atom is -0.313 e. The van der Waals surface area contributed by atoms with Gasteiger partial charge in [0.15, 0.2) is 0 Å². The van der Waals surface area contributed by atoms with Gasteiger partial charge >= 0.3 is 0 Å². The van der Waals surface area contributed by atoms with Crippen molar-refractivity contribution in [1.82, 2.24) is 10.2 Å². The summed E-state index contributed by atoms with van der Waals surface area (Å²) >= 11 is 2.15. The van der Waals surface area contributed by atoms with E-state index in [2.05, 4.69) is 73.2 Å². The molecule has 0 aliphatic carbocycles. The summed E-state index contributed by atoms with van der Waals surface area (Å²) < 4.78 is 0. The van der Waals surface area contributed by atoms with Crippen molar-refractivity contribution in [2.75, 3.05) is 32.4 Å². The number of hydrogen-bond acceptors (Lipinski definition) is 3. The van der Waals surface area contributed by atoms with E-state index in [-0.39, 0.29) is 0 Å². The van der Waals surface area contributed by atoms with E-state index in [4.69, 9.17) is 0 Å². The van der Waals surface area contributed by atoms with Gasteiger partial charge in [0, 0.05) is 36.7 Å². The van der Waals surface area contributed by atoms with E-state index in [1.54, 1.807) is 0 Å². The predicted octanol–water partition coefficient (Wildman–Crippen LogP) is 3.41. The lowest BCUT2D eigenvalue weighted by atomic mass is 9.94. The van der Waals surface area contributed by atoms with Crippen molar-refractivity contribution in [2.45, 2.75) is 31.6 Å². The normalized spacial score (nSPS) is 23.4. The minimum absolute atomic E-state index is 0.450. The van der Waals surface area contributed by atoms with Crippen LogP contribution in [0.4, 0.5) is 0 Å². The van der Waals surface area contributed by atoms with Crippen LogP contribution in [0, 0.1) is 5.92 Å². The van der Waals surface area contributed by atoms with Gasteiger partial charge in [-0.15, -0.1) is 0 Å². The second-order valence-corrected chi connectivity index (χ2v) is 7.22. The van der Waals surface area contributed by atoms with Crippen molar-refractivity contribution in [3.8, 4) is 0 Å². The number of thioether (sulfide) groups is 1. The maximum Gasteiger partial charge on any atom is 0.0355 e. The SMILES string of the molecule is CCC1CN(CC(C)C(NC)c2ccccc2)CCS1. The summed E-state index contributed by atoms with van der Waals surface area (Å²) in [6.07, 6.45) is 1.30. The van der Waals surface area contributed by atoms with Crippen LogP contribution in [-0.2, 0) is 0 Å². The Labute approximate surface area is 128 Å². The molecule has 1 heterocycles. The van der Waals surface area contributed by atoms with Crippen LogP contribution in [0.25, 0.3) is 0 Å². The fourth-order valence-electron chi connectivity index (χ4n) is 3.15. The Morgan fingerprint density at radius 2 is 2.10 bits per heavy atom. The van der Waals surface area contributed by atoms with Gasteiger partial charge in [0.25, 0.3) is 0 Å². The van der Waals surface area contributed by atoms with Crippen LogP contribution in [0.1, 0.15) is 31.9 Å². The molecule has 112 valence electrons. The zero-order valence-corrected chi connectivity index (χ0v) is 13.8. The molecule has 2 nitrogen and oxygen atoms in total. The van der Waals surface area contributed by atoms with Gasteiger partial charge in [-0.1, -0.05) is 44.2 Å². The first-order chi connectivity index (χ1) is 9.74. The first kappa shape index (κ1) is 15.9. The molecule has 0 spiro atoms. The molecule has 0 aromatic heterocycles. The Bertz CT molecular complexity index is 382. The second-order valence-electron chi connectivity index (χ2n) is 5.81. The summed E-state index contributed by atoms with van der Waals surface area (Å²) in [7, 11) is 2.08. The van der Waals surface area contributed by atoms with Crippen molar-refractivity contribution in [3.05, 3.63) is 35.9 Å². The second kappa shape index (κ2) is 8.06. The summed E-state index contributed by atoms with van der Waals surface area (Å²) in [4.78, 5) is 2.66. The van der Waals surface area contributed by atoms with Crippen LogP contribution in [0.15, 0.2) is 30.3 Å². The van der Waals surface area contributed by atoms with E-state index in [0.29, 0.717) is 12.0 Å². The van der Waals surface area contributed by atoms with E-state index < -0.39 is 0 Å². The first-order valence-electron chi connectivity index (χ1n) is 7.80. The van der Waals surface area contributed by atoms with Crippen LogP contribution in [0.3, 0.4) is 0 Å². The molecule has 1 N–H and O–H groups in total. The largest absolute Gasteiger partial charge is 0.313 e. The molecule has 1 aliphatic heterocycles. The van der Waals surface area contributed by atoms with E-state index in [9.17, 15) is 0 Å². The van der Waals surface area contributed by atoms with Crippen LogP contribution < -0.4 is 5.32 Å². The third-order valence-electron chi connectivity index (χ3n) is 4.26. The average molecular weight is 292 g/mol. The molecule has 1 aliphatic rings. The van der Waals surface area contributed by atoms with Crippen molar-refractivity contribution in [3.63, 3.8) is 0 Å². The molecular weight excluding hydrogens is 264 g/mol. The number of hydrogen-bond donors (Lipinski definition) is 1. The lowest BCUT2D eigenvalue weighted by Gasteiger charge is -2.35. The van der Waals surface area contributed by atoms with Crippen LogP contribution >= 0.6 is 11.8 Å². The monoisotopic (exact) mass is 292 g/mol. The van der Waals surface area contributed by atoms with Gasteiger partial charge in [-0.3, -0.25) is 0 Å². The molecule has 0 saturated carbocycles. The van der Waals surface area contributed by atoms with Crippen LogP contribution in [-0.4, -0.2) is 42.6 Å². The van der Waals surface area contributed by atoms with Gasteiger partial charge in [-0.25, -0.2) is 0 Å². The molecule has 3 heteroatoms. The number of nitrogens with zero attached hydrogens (tertiary/aromatic N) is 1. The fraction of sp³-hybridized carbons (Fsp3) is 0.647. The molecule has 2 rings (SSSR count). The maximum atomic E-state index is 3.50. The Balaban J connectivity index is 1.94. The van der Waals surface area contributed by atoms with Crippen molar-refractivity contribution < 1.29 is 0 Å². The third kappa shape index (κ3) is 4.24. The molecule has 1 aromatic rings. The Morgan fingerprint density at radius 3 is 2.75 bits per heavy atom. The quantitative estimate of drug-likeness (QED) is 0.865. The van der Waals surface area contributed by atoms with E-state index in [1.807, 2.05) is 0 Å². The highest BCUT2D eigenvalue weighted by atomic mass is 32.2. The molecule has 0 amide bonds. The lowest BCUT2D eigenvalue weighted by molar-refractivity contribution is 0.218. The summed E-state index contributed by atoms with van der Waals surface area (Å²) in [5.41, 5.74) is 1.40. The smallest absolute Gasteiger partial charge is 0.0355 e. The highest BCUT2D eigenvalue weighted by molar-refractivity contribution is 8.00. The van der Waals surface area contributed by atoms with E-state index in [0.717, 1.165) is 5.25 Å². The summed E-state index contributed by atoms with van der Waals surface area (Å²) in [5, 5.41) is 4.34. The summed E-state index contributed by atoms with van der Waals surface area (Å²) in [5.74, 6) is 1.92. The van der Waals surface area contributed by atoms with E-state index in [1.165, 1.54) is 37.4 Å². The molecule has 0 radical (unpaired) electrons. The zero-order chi connectivity index (χ0) is 14.4. The Morgan fingerprint density at radius 1 is 1.35 bits per heavy atom. The molecule has 0 bridgehead atoms. The van der Waals surface area contributed by atoms with Gasteiger partial charge in [-0.2, -0.15) is 11.8 Å². The van der Waals surface area contributed by atoms with Gasteiger partial charge in [-0.05, 0) is 24.9 Å².